The summed E-state index contributed by atoms with van der Waals surface area (Å²) in [4.78, 5) is 4.22. The Morgan fingerprint density at radius 1 is 0.619 bits per heavy atom. The molecule has 21 heavy (non-hydrogen) atoms. The zero-order valence-electron chi connectivity index (χ0n) is 11.9. The summed E-state index contributed by atoms with van der Waals surface area (Å²) in [6.45, 7) is 2.21. The van der Waals surface area contributed by atoms with E-state index in [-0.39, 0.29) is 0 Å². The van der Waals surface area contributed by atoms with Crippen LogP contribution in [0.5, 0.6) is 0 Å². The number of halogens is 1. The highest BCUT2D eigenvalue weighted by Crippen LogP contribution is 2.74. The molecule has 0 spiro atoms. The molecule has 0 nitrogen and oxygen atoms in total. The van der Waals surface area contributed by atoms with Crippen LogP contribution in [0, 0.1) is 6.92 Å². The highest BCUT2D eigenvalue weighted by atomic mass is 127. The molecule has 3 aromatic carbocycles. The Bertz CT molecular complexity index is 683. The third-order valence-electron chi connectivity index (χ3n) is 3.53. The number of benzene rings is 3. The van der Waals surface area contributed by atoms with E-state index in [2.05, 4.69) is 113 Å². The van der Waals surface area contributed by atoms with Gasteiger partial charge in [0.25, 0.3) is 0 Å². The molecule has 0 aliphatic carbocycles. The van der Waals surface area contributed by atoms with Crippen LogP contribution < -0.4 is 0 Å². The number of hydrogen-bond donors (Lipinski definition) is 0. The van der Waals surface area contributed by atoms with Crippen LogP contribution in [0.2, 0.25) is 0 Å². The van der Waals surface area contributed by atoms with Gasteiger partial charge in [0.2, 0.25) is 0 Å². The van der Waals surface area contributed by atoms with Gasteiger partial charge in [-0.1, -0.05) is 54.6 Å². The number of hydrogen-bond acceptors (Lipinski definition) is 0. The maximum atomic E-state index is 2.68. The maximum Gasteiger partial charge on any atom is 0.00994 e. The molecule has 0 bridgehead atoms. The maximum absolute atomic E-state index is 2.68. The second-order valence-electron chi connectivity index (χ2n) is 4.93. The lowest BCUT2D eigenvalue weighted by Crippen LogP contribution is -1.98. The minimum atomic E-state index is -1.24. The van der Waals surface area contributed by atoms with Gasteiger partial charge in [0.15, 0.2) is 0 Å². The third kappa shape index (κ3) is 2.74. The average molecular weight is 404 g/mol. The van der Waals surface area contributed by atoms with Gasteiger partial charge in [-0.2, -0.15) is 0 Å². The second kappa shape index (κ2) is 6.24. The van der Waals surface area contributed by atoms with Crippen LogP contribution in [0.25, 0.3) is 0 Å². The van der Waals surface area contributed by atoms with Gasteiger partial charge in [-0.15, -0.1) is 7.20 Å². The van der Waals surface area contributed by atoms with Crippen molar-refractivity contribution in [1.29, 1.82) is 0 Å². The fraction of sp³-hybridized carbons (Fsp3) is 0.0526. The Kier molecular flexibility index (Phi) is 4.36. The van der Waals surface area contributed by atoms with Crippen LogP contribution in [0.1, 0.15) is 5.56 Å². The minimum Gasteiger partial charge on any atom is -0.105 e. The van der Waals surface area contributed by atoms with E-state index in [1.807, 2.05) is 0 Å². The van der Waals surface area contributed by atoms with Gasteiger partial charge in [0.05, 0.1) is 0 Å². The van der Waals surface area contributed by atoms with Gasteiger partial charge < -0.3 is 0 Å². The van der Waals surface area contributed by atoms with Crippen LogP contribution in [-0.2, 0) is 0 Å². The molecule has 0 aliphatic heterocycles. The fourth-order valence-corrected chi connectivity index (χ4v) is 8.34. The topological polar surface area (TPSA) is 0 Å². The Morgan fingerprint density at radius 2 is 1.05 bits per heavy atom. The highest BCUT2D eigenvalue weighted by molar-refractivity contribution is 14.2. The lowest BCUT2D eigenvalue weighted by Gasteiger charge is -2.36. The summed E-state index contributed by atoms with van der Waals surface area (Å²) >= 11 is 2.68. The van der Waals surface area contributed by atoms with Crippen molar-refractivity contribution in [1.82, 2.24) is 0 Å². The molecule has 0 N–H and O–H groups in total. The zero-order chi connectivity index (χ0) is 14.7. The first-order valence-electron chi connectivity index (χ1n) is 6.92. The Balaban J connectivity index is 2.29. The number of rotatable bonds is 3. The Morgan fingerprint density at radius 3 is 1.52 bits per heavy atom. The molecule has 3 aromatic rings. The lowest BCUT2D eigenvalue weighted by molar-refractivity contribution is 1.25. The van der Waals surface area contributed by atoms with Crippen molar-refractivity contribution in [3.8, 4) is 0 Å². The molecule has 0 heterocycles. The van der Waals surface area contributed by atoms with Gasteiger partial charge in [0, 0.05) is 14.7 Å². The molecule has 3 rings (SSSR count). The first kappa shape index (κ1) is 14.7. The smallest absolute Gasteiger partial charge is 0.00994 e. The summed E-state index contributed by atoms with van der Waals surface area (Å²) in [6.07, 6.45) is 0. The largest absolute Gasteiger partial charge is 0.105 e. The normalized spacial score (nSPS) is 12.1. The van der Waals surface area contributed by atoms with Crippen LogP contribution in [0.4, 0.5) is 0 Å². The van der Waals surface area contributed by atoms with Gasteiger partial charge in [0.1, 0.15) is 0 Å². The van der Waals surface area contributed by atoms with Crippen molar-refractivity contribution in [2.24, 2.45) is 0 Å². The molecule has 0 atom stereocenters. The van der Waals surface area contributed by atoms with Gasteiger partial charge in [-0.25, -0.2) is 0 Å². The van der Waals surface area contributed by atoms with Crippen molar-refractivity contribution in [2.45, 2.75) is 21.6 Å². The first-order valence-corrected chi connectivity index (χ1v) is 11.1. The molecule has 0 aromatic heterocycles. The molecule has 0 amide bonds. The molecular weight excluding hydrogens is 387 g/mol. The summed E-state index contributed by atoms with van der Waals surface area (Å²) in [5.41, 5.74) is 1.36. The standard InChI is InChI=1S/C19H17IS/c1-16-10-8-9-15-19(16)21(20,17-11-4-2-5-12-17)18-13-6-3-7-14-18/h2-15H,1H3. The highest BCUT2D eigenvalue weighted by Gasteiger charge is 2.28. The van der Waals surface area contributed by atoms with Crippen LogP contribution >= 0.6 is 28.4 Å². The molecule has 2 heteroatoms. The van der Waals surface area contributed by atoms with Crippen molar-refractivity contribution < 1.29 is 0 Å². The monoisotopic (exact) mass is 404 g/mol. The van der Waals surface area contributed by atoms with Crippen LogP contribution in [0.15, 0.2) is 99.6 Å². The van der Waals surface area contributed by atoms with Crippen LogP contribution in [-0.4, -0.2) is 0 Å². The Labute approximate surface area is 140 Å². The predicted molar refractivity (Wildman–Crippen MR) is 100 cm³/mol. The number of aryl methyl sites for hydroxylation is 1. The van der Waals surface area contributed by atoms with E-state index in [0.29, 0.717) is 0 Å². The van der Waals surface area contributed by atoms with E-state index in [0.717, 1.165) is 0 Å². The average Bonchev–Trinajstić information content (AvgIpc) is 2.56. The van der Waals surface area contributed by atoms with Crippen molar-refractivity contribution in [2.75, 3.05) is 0 Å². The van der Waals surface area contributed by atoms with E-state index in [9.17, 15) is 0 Å². The molecular formula is C19H17IS. The quantitative estimate of drug-likeness (QED) is 0.430. The summed E-state index contributed by atoms with van der Waals surface area (Å²) in [5.74, 6) is 0. The summed E-state index contributed by atoms with van der Waals surface area (Å²) in [5, 5.41) is 0. The second-order valence-corrected chi connectivity index (χ2v) is 11.4. The molecule has 0 unspecified atom stereocenters. The van der Waals surface area contributed by atoms with Gasteiger partial charge in [-0.3, -0.25) is 0 Å². The molecule has 0 fully saturated rings. The van der Waals surface area contributed by atoms with E-state index in [4.69, 9.17) is 0 Å². The molecule has 106 valence electrons. The van der Waals surface area contributed by atoms with E-state index in [1.165, 1.54) is 20.2 Å². The fourth-order valence-electron chi connectivity index (χ4n) is 2.48. The van der Waals surface area contributed by atoms with E-state index in [1.54, 1.807) is 0 Å². The SMILES string of the molecule is Cc1ccccc1S(I)(c1ccccc1)c1ccccc1. The third-order valence-corrected chi connectivity index (χ3v) is 10.9. The van der Waals surface area contributed by atoms with Crippen molar-refractivity contribution >= 4 is 28.4 Å². The van der Waals surface area contributed by atoms with Crippen LogP contribution in [0.3, 0.4) is 0 Å². The van der Waals surface area contributed by atoms with Crippen molar-refractivity contribution in [3.63, 3.8) is 0 Å². The summed E-state index contributed by atoms with van der Waals surface area (Å²) < 4.78 is 0. The molecule has 0 saturated carbocycles. The summed E-state index contributed by atoms with van der Waals surface area (Å²) in [6, 6.07) is 30.5. The predicted octanol–water partition coefficient (Wildman–Crippen LogP) is 6.63. The van der Waals surface area contributed by atoms with Gasteiger partial charge >= 0.3 is 0 Å². The molecule has 0 aliphatic rings. The molecule has 0 saturated heterocycles. The first-order chi connectivity index (χ1) is 10.2. The van der Waals surface area contributed by atoms with Gasteiger partial charge in [-0.05, 0) is 64.0 Å². The molecule has 0 radical (unpaired) electrons. The van der Waals surface area contributed by atoms with E-state index >= 15 is 0 Å². The summed E-state index contributed by atoms with van der Waals surface area (Å²) in [7, 11) is -1.24. The zero-order valence-corrected chi connectivity index (χ0v) is 14.8. The lowest BCUT2D eigenvalue weighted by atomic mass is 10.2. The van der Waals surface area contributed by atoms with E-state index < -0.39 is 7.20 Å². The Hall–Kier alpha value is -1.26. The minimum absolute atomic E-state index is 1.24. The van der Waals surface area contributed by atoms with Crippen molar-refractivity contribution in [3.05, 3.63) is 90.5 Å².